The number of hydrogen-bond donors (Lipinski definition) is 0. The van der Waals surface area contributed by atoms with Gasteiger partial charge < -0.3 is 4.74 Å². The molecular formula is C22H27ClN2O3S. The molecule has 7 heteroatoms. The van der Waals surface area contributed by atoms with Gasteiger partial charge in [0.2, 0.25) is 10.0 Å². The van der Waals surface area contributed by atoms with Crippen LogP contribution in [0, 0.1) is 5.92 Å². The van der Waals surface area contributed by atoms with Gasteiger partial charge in [0.05, 0.1) is 12.1 Å². The summed E-state index contributed by atoms with van der Waals surface area (Å²) in [5.74, 6) is 1.24. The second kappa shape index (κ2) is 8.64. The Morgan fingerprint density at radius 1 is 1.14 bits per heavy atom. The summed E-state index contributed by atoms with van der Waals surface area (Å²) in [5, 5.41) is 0.290. The summed E-state index contributed by atoms with van der Waals surface area (Å²) >= 11 is 6.17. The lowest BCUT2D eigenvalue weighted by Crippen LogP contribution is -2.44. The maximum absolute atomic E-state index is 13.1. The number of rotatable bonds is 5. The van der Waals surface area contributed by atoms with Gasteiger partial charge in [-0.2, -0.15) is 4.31 Å². The van der Waals surface area contributed by atoms with Crippen molar-refractivity contribution in [3.8, 4) is 5.75 Å². The highest BCUT2D eigenvalue weighted by molar-refractivity contribution is 7.89. The first-order valence-corrected chi connectivity index (χ1v) is 11.9. The minimum atomic E-state index is -3.55. The molecule has 5 nitrogen and oxygen atoms in total. The number of benzene rings is 2. The first-order chi connectivity index (χ1) is 14.0. The van der Waals surface area contributed by atoms with Crippen LogP contribution in [0.15, 0.2) is 47.4 Å². The van der Waals surface area contributed by atoms with Crippen LogP contribution in [0.5, 0.6) is 5.75 Å². The van der Waals surface area contributed by atoms with E-state index in [1.54, 1.807) is 35.7 Å². The highest BCUT2D eigenvalue weighted by Gasteiger charge is 2.32. The van der Waals surface area contributed by atoms with Gasteiger partial charge >= 0.3 is 0 Å². The Labute approximate surface area is 178 Å². The van der Waals surface area contributed by atoms with Gasteiger partial charge in [-0.25, -0.2) is 8.42 Å². The zero-order valence-electron chi connectivity index (χ0n) is 16.7. The Kier molecular flexibility index (Phi) is 6.16. The number of hydrogen-bond acceptors (Lipinski definition) is 4. The van der Waals surface area contributed by atoms with Crippen molar-refractivity contribution in [2.24, 2.45) is 5.92 Å². The quantitative estimate of drug-likeness (QED) is 0.718. The zero-order chi connectivity index (χ0) is 20.4. The molecule has 2 aromatic carbocycles. The van der Waals surface area contributed by atoms with Crippen molar-refractivity contribution < 1.29 is 13.2 Å². The van der Waals surface area contributed by atoms with Crippen LogP contribution in [-0.4, -0.2) is 50.9 Å². The molecule has 1 unspecified atom stereocenters. The van der Waals surface area contributed by atoms with Gasteiger partial charge in [0.15, 0.2) is 0 Å². The van der Waals surface area contributed by atoms with Crippen molar-refractivity contribution in [3.05, 3.63) is 58.6 Å². The summed E-state index contributed by atoms with van der Waals surface area (Å²) in [5.41, 5.74) is 2.69. The van der Waals surface area contributed by atoms with Gasteiger partial charge in [0, 0.05) is 32.7 Å². The average Bonchev–Trinajstić information content (AvgIpc) is 2.73. The molecule has 0 N–H and O–H groups in total. The van der Waals surface area contributed by atoms with E-state index in [-0.39, 0.29) is 9.92 Å². The number of methoxy groups -OCH3 is 1. The third kappa shape index (κ3) is 4.45. The van der Waals surface area contributed by atoms with Gasteiger partial charge in [-0.05, 0) is 60.6 Å². The lowest BCUT2D eigenvalue weighted by atomic mass is 9.95. The third-order valence-corrected chi connectivity index (χ3v) is 8.32. The Balaban J connectivity index is 1.42. The van der Waals surface area contributed by atoms with Gasteiger partial charge in [-0.3, -0.25) is 4.90 Å². The molecule has 1 fully saturated rings. The van der Waals surface area contributed by atoms with E-state index in [0.29, 0.717) is 19.0 Å². The van der Waals surface area contributed by atoms with E-state index >= 15 is 0 Å². The molecule has 2 aliphatic heterocycles. The molecule has 0 aromatic heterocycles. The number of fused-ring (bicyclic) bond motifs is 1. The van der Waals surface area contributed by atoms with Crippen LogP contribution < -0.4 is 4.74 Å². The molecule has 0 amide bonds. The van der Waals surface area contributed by atoms with E-state index in [1.807, 2.05) is 6.07 Å². The van der Waals surface area contributed by atoms with Crippen LogP contribution in [0.4, 0.5) is 0 Å². The first kappa shape index (κ1) is 20.7. The van der Waals surface area contributed by atoms with Crippen LogP contribution >= 0.6 is 11.6 Å². The van der Waals surface area contributed by atoms with Gasteiger partial charge in [0.25, 0.3) is 0 Å². The fraction of sp³-hybridized carbons (Fsp3) is 0.455. The maximum atomic E-state index is 13.1. The molecule has 1 atom stereocenters. The van der Waals surface area contributed by atoms with E-state index in [2.05, 4.69) is 17.0 Å². The van der Waals surface area contributed by atoms with Crippen molar-refractivity contribution >= 4 is 21.6 Å². The summed E-state index contributed by atoms with van der Waals surface area (Å²) in [7, 11) is -1.86. The van der Waals surface area contributed by atoms with Crippen molar-refractivity contribution in [3.63, 3.8) is 0 Å². The van der Waals surface area contributed by atoms with Crippen LogP contribution in [0.3, 0.4) is 0 Å². The monoisotopic (exact) mass is 434 g/mol. The first-order valence-electron chi connectivity index (χ1n) is 10.1. The molecule has 0 bridgehead atoms. The van der Waals surface area contributed by atoms with Crippen molar-refractivity contribution in [2.75, 3.05) is 33.3 Å². The molecule has 0 radical (unpaired) electrons. The predicted octanol–water partition coefficient (Wildman–Crippen LogP) is 3.81. The van der Waals surface area contributed by atoms with Crippen LogP contribution in [0.2, 0.25) is 5.02 Å². The summed E-state index contributed by atoms with van der Waals surface area (Å²) in [4.78, 5) is 2.66. The van der Waals surface area contributed by atoms with Gasteiger partial charge in [0.1, 0.15) is 10.6 Å². The molecule has 156 valence electrons. The normalized spacial score (nSPS) is 21.0. The van der Waals surface area contributed by atoms with Crippen LogP contribution in [-0.2, 0) is 23.0 Å². The second-order valence-corrected chi connectivity index (χ2v) is 10.2. The third-order valence-electron chi connectivity index (χ3n) is 5.96. The smallest absolute Gasteiger partial charge is 0.244 e. The van der Waals surface area contributed by atoms with Crippen LogP contribution in [0.1, 0.15) is 24.0 Å². The highest BCUT2D eigenvalue weighted by Crippen LogP contribution is 2.30. The van der Waals surface area contributed by atoms with Gasteiger partial charge in [-0.15, -0.1) is 0 Å². The van der Waals surface area contributed by atoms with E-state index in [9.17, 15) is 8.42 Å². The number of halogens is 1. The molecule has 29 heavy (non-hydrogen) atoms. The number of sulfonamides is 1. The molecule has 0 spiro atoms. The topological polar surface area (TPSA) is 49.9 Å². The Morgan fingerprint density at radius 3 is 2.76 bits per heavy atom. The number of nitrogens with zero attached hydrogens (tertiary/aromatic N) is 2. The lowest BCUT2D eigenvalue weighted by Gasteiger charge is -2.36. The second-order valence-electron chi connectivity index (χ2n) is 7.92. The maximum Gasteiger partial charge on any atom is 0.244 e. The predicted molar refractivity (Wildman–Crippen MR) is 115 cm³/mol. The zero-order valence-corrected chi connectivity index (χ0v) is 18.3. The average molecular weight is 435 g/mol. The van der Waals surface area contributed by atoms with E-state index in [1.165, 1.54) is 11.1 Å². The summed E-state index contributed by atoms with van der Waals surface area (Å²) in [6, 6.07) is 13.0. The largest absolute Gasteiger partial charge is 0.497 e. The van der Waals surface area contributed by atoms with Crippen LogP contribution in [0.25, 0.3) is 0 Å². The molecule has 0 aliphatic carbocycles. The minimum Gasteiger partial charge on any atom is -0.497 e. The summed E-state index contributed by atoms with van der Waals surface area (Å²) in [6.07, 6.45) is 2.94. The molecule has 2 aromatic rings. The molecule has 0 saturated carbocycles. The van der Waals surface area contributed by atoms with Crippen molar-refractivity contribution in [1.29, 1.82) is 0 Å². The van der Waals surface area contributed by atoms with E-state index < -0.39 is 10.0 Å². The van der Waals surface area contributed by atoms with Crippen molar-refractivity contribution in [1.82, 2.24) is 9.21 Å². The highest BCUT2D eigenvalue weighted by atomic mass is 35.5. The SMILES string of the molecule is COc1ccc2c(c1)CCN(CC1CCCN(S(=O)(=O)c3ccccc3Cl)C1)C2. The Bertz CT molecular complexity index is 980. The molecule has 4 rings (SSSR count). The standard InChI is InChI=1S/C22H27ClN2O3S/c1-28-20-9-8-19-16-24(12-10-18(19)13-20)14-17-5-4-11-25(15-17)29(26,27)22-7-3-2-6-21(22)23/h2-3,6-9,13,17H,4-5,10-12,14-16H2,1H3. The summed E-state index contributed by atoms with van der Waals surface area (Å²) < 4.78 is 33.1. The van der Waals surface area contributed by atoms with Gasteiger partial charge in [-0.1, -0.05) is 29.8 Å². The minimum absolute atomic E-state index is 0.211. The van der Waals surface area contributed by atoms with E-state index in [4.69, 9.17) is 16.3 Å². The molecule has 2 aliphatic rings. The lowest BCUT2D eigenvalue weighted by molar-refractivity contribution is 0.167. The van der Waals surface area contributed by atoms with E-state index in [0.717, 1.165) is 44.6 Å². The molecule has 2 heterocycles. The fourth-order valence-electron chi connectivity index (χ4n) is 4.42. The summed E-state index contributed by atoms with van der Waals surface area (Å²) in [6.45, 7) is 3.94. The fourth-order valence-corrected chi connectivity index (χ4v) is 6.47. The Hall–Kier alpha value is -1.60. The molecular weight excluding hydrogens is 408 g/mol. The number of piperidine rings is 1. The van der Waals surface area contributed by atoms with Crippen molar-refractivity contribution in [2.45, 2.75) is 30.7 Å². The molecule has 1 saturated heterocycles. The Morgan fingerprint density at radius 2 is 1.97 bits per heavy atom. The number of ether oxygens (including phenoxy) is 1.